The molecule has 2 atom stereocenters. The Morgan fingerprint density at radius 2 is 2.25 bits per heavy atom. The first kappa shape index (κ1) is 13.5. The van der Waals surface area contributed by atoms with E-state index in [-0.39, 0.29) is 17.6 Å². The summed E-state index contributed by atoms with van der Waals surface area (Å²) in [6.07, 6.45) is 1.08. The van der Waals surface area contributed by atoms with E-state index in [9.17, 15) is 4.79 Å². The molecule has 1 aliphatic rings. The highest BCUT2D eigenvalue weighted by atomic mass is 16.5. The van der Waals surface area contributed by atoms with Crippen LogP contribution in [-0.2, 0) is 9.53 Å². The summed E-state index contributed by atoms with van der Waals surface area (Å²) in [7, 11) is 0. The van der Waals surface area contributed by atoms with Crippen LogP contribution in [0.15, 0.2) is 0 Å². The monoisotopic (exact) mass is 228 g/mol. The van der Waals surface area contributed by atoms with Gasteiger partial charge in [0, 0.05) is 13.2 Å². The Morgan fingerprint density at radius 3 is 2.75 bits per heavy atom. The zero-order chi connectivity index (χ0) is 12.2. The molecule has 0 bridgehead atoms. The summed E-state index contributed by atoms with van der Waals surface area (Å²) in [5.74, 6) is 0.521. The lowest BCUT2D eigenvalue weighted by molar-refractivity contribution is -0.125. The van der Waals surface area contributed by atoms with Gasteiger partial charge in [-0.2, -0.15) is 0 Å². The Hall–Kier alpha value is -0.610. The summed E-state index contributed by atoms with van der Waals surface area (Å²) in [6, 6.07) is -0.0302. The molecule has 1 heterocycles. The van der Waals surface area contributed by atoms with Gasteiger partial charge < -0.3 is 15.4 Å². The van der Waals surface area contributed by atoms with Gasteiger partial charge in [-0.05, 0) is 39.7 Å². The highest BCUT2D eigenvalue weighted by molar-refractivity contribution is 5.82. The van der Waals surface area contributed by atoms with Gasteiger partial charge in [0.1, 0.15) is 0 Å². The number of hydrogen-bond acceptors (Lipinski definition) is 3. The van der Waals surface area contributed by atoms with Crippen molar-refractivity contribution in [1.29, 1.82) is 0 Å². The minimum absolute atomic E-state index is 0.0302. The van der Waals surface area contributed by atoms with E-state index >= 15 is 0 Å². The lowest BCUT2D eigenvalue weighted by Gasteiger charge is -2.26. The molecule has 16 heavy (non-hydrogen) atoms. The second-order valence-electron chi connectivity index (χ2n) is 5.11. The molecule has 0 radical (unpaired) electrons. The molecule has 1 rings (SSSR count). The van der Waals surface area contributed by atoms with E-state index in [2.05, 4.69) is 17.6 Å². The molecule has 0 aromatic rings. The number of carbonyl (C=O) groups excluding carboxylic acids is 1. The molecule has 4 nitrogen and oxygen atoms in total. The molecule has 1 amide bonds. The Morgan fingerprint density at radius 1 is 1.56 bits per heavy atom. The molecule has 0 saturated carbocycles. The number of hydrogen-bond donors (Lipinski definition) is 2. The fourth-order valence-electron chi connectivity index (χ4n) is 2.04. The molecule has 1 saturated heterocycles. The normalized spacial score (nSPS) is 25.8. The highest BCUT2D eigenvalue weighted by Crippen LogP contribution is 2.14. The Balaban J connectivity index is 2.34. The largest absolute Gasteiger partial charge is 0.374 e. The molecular weight excluding hydrogens is 204 g/mol. The van der Waals surface area contributed by atoms with Crippen LogP contribution in [0.25, 0.3) is 0 Å². The lowest BCUT2D eigenvalue weighted by Crippen LogP contribution is -2.48. The lowest BCUT2D eigenvalue weighted by atomic mass is 10.0. The third-order valence-electron chi connectivity index (χ3n) is 3.04. The molecule has 1 fully saturated rings. The van der Waals surface area contributed by atoms with E-state index < -0.39 is 0 Å². The third kappa shape index (κ3) is 3.76. The van der Waals surface area contributed by atoms with Crippen LogP contribution in [-0.4, -0.2) is 37.2 Å². The van der Waals surface area contributed by atoms with Gasteiger partial charge in [-0.1, -0.05) is 6.92 Å². The molecule has 1 aliphatic heterocycles. The Kier molecular flexibility index (Phi) is 4.74. The van der Waals surface area contributed by atoms with Crippen molar-refractivity contribution in [3.05, 3.63) is 0 Å². The van der Waals surface area contributed by atoms with Gasteiger partial charge in [0.05, 0.1) is 11.6 Å². The van der Waals surface area contributed by atoms with Gasteiger partial charge in [-0.3, -0.25) is 4.79 Å². The van der Waals surface area contributed by atoms with E-state index in [1.807, 2.05) is 20.8 Å². The zero-order valence-corrected chi connectivity index (χ0v) is 10.8. The van der Waals surface area contributed by atoms with E-state index in [4.69, 9.17) is 4.74 Å². The van der Waals surface area contributed by atoms with Crippen molar-refractivity contribution in [2.45, 2.75) is 45.8 Å². The average Bonchev–Trinajstić information content (AvgIpc) is 2.61. The molecule has 2 N–H and O–H groups in total. The second kappa shape index (κ2) is 5.64. The molecule has 4 heteroatoms. The number of rotatable bonds is 5. The third-order valence-corrected chi connectivity index (χ3v) is 3.04. The molecule has 2 unspecified atom stereocenters. The summed E-state index contributed by atoms with van der Waals surface area (Å²) in [6.45, 7) is 10.2. The van der Waals surface area contributed by atoms with Crippen LogP contribution in [0.3, 0.4) is 0 Å². The second-order valence-corrected chi connectivity index (χ2v) is 5.11. The van der Waals surface area contributed by atoms with E-state index in [1.54, 1.807) is 0 Å². The van der Waals surface area contributed by atoms with Gasteiger partial charge in [-0.25, -0.2) is 0 Å². The van der Waals surface area contributed by atoms with Crippen LogP contribution in [0.1, 0.15) is 34.1 Å². The molecule has 0 spiro atoms. The number of carbonyl (C=O) groups is 1. The van der Waals surface area contributed by atoms with Crippen LogP contribution >= 0.6 is 0 Å². The minimum Gasteiger partial charge on any atom is -0.374 e. The molecule has 0 aromatic heterocycles. The van der Waals surface area contributed by atoms with Crippen LogP contribution in [0.4, 0.5) is 0 Å². The molecule has 0 aromatic carbocycles. The standard InChI is InChI=1S/C12H24N2O2/c1-5-16-12(3,4)8-14-11(15)10-9(2)6-7-13-10/h9-10,13H,5-8H2,1-4H3,(H,14,15). The topological polar surface area (TPSA) is 50.4 Å². The smallest absolute Gasteiger partial charge is 0.237 e. The Bertz CT molecular complexity index is 241. The summed E-state index contributed by atoms with van der Waals surface area (Å²) in [4.78, 5) is 11.9. The minimum atomic E-state index is -0.285. The van der Waals surface area contributed by atoms with Crippen molar-refractivity contribution < 1.29 is 9.53 Å². The van der Waals surface area contributed by atoms with Crippen LogP contribution in [0.2, 0.25) is 0 Å². The summed E-state index contributed by atoms with van der Waals surface area (Å²) >= 11 is 0. The van der Waals surface area contributed by atoms with E-state index in [0.717, 1.165) is 13.0 Å². The number of ether oxygens (including phenoxy) is 1. The highest BCUT2D eigenvalue weighted by Gasteiger charge is 2.30. The number of amides is 1. The van der Waals surface area contributed by atoms with Crippen molar-refractivity contribution in [1.82, 2.24) is 10.6 Å². The SMILES string of the molecule is CCOC(C)(C)CNC(=O)C1NCCC1C. The van der Waals surface area contributed by atoms with Crippen molar-refractivity contribution in [3.8, 4) is 0 Å². The van der Waals surface area contributed by atoms with Crippen molar-refractivity contribution >= 4 is 5.91 Å². The molecular formula is C12H24N2O2. The predicted octanol–water partition coefficient (Wildman–Crippen LogP) is 0.916. The summed E-state index contributed by atoms with van der Waals surface area (Å²) in [5.41, 5.74) is -0.285. The first-order valence-electron chi connectivity index (χ1n) is 6.11. The van der Waals surface area contributed by atoms with Gasteiger partial charge in [0.2, 0.25) is 5.91 Å². The van der Waals surface area contributed by atoms with Crippen molar-refractivity contribution in [3.63, 3.8) is 0 Å². The fraction of sp³-hybridized carbons (Fsp3) is 0.917. The first-order chi connectivity index (χ1) is 7.46. The van der Waals surface area contributed by atoms with Gasteiger partial charge >= 0.3 is 0 Å². The molecule has 0 aliphatic carbocycles. The fourth-order valence-corrected chi connectivity index (χ4v) is 2.04. The van der Waals surface area contributed by atoms with Crippen LogP contribution in [0, 0.1) is 5.92 Å². The van der Waals surface area contributed by atoms with Gasteiger partial charge in [-0.15, -0.1) is 0 Å². The predicted molar refractivity (Wildman–Crippen MR) is 64.3 cm³/mol. The average molecular weight is 228 g/mol. The maximum Gasteiger partial charge on any atom is 0.237 e. The summed E-state index contributed by atoms with van der Waals surface area (Å²) < 4.78 is 5.53. The Labute approximate surface area is 98.1 Å². The van der Waals surface area contributed by atoms with Gasteiger partial charge in [0.25, 0.3) is 0 Å². The maximum absolute atomic E-state index is 11.9. The zero-order valence-electron chi connectivity index (χ0n) is 10.8. The number of nitrogens with one attached hydrogen (secondary N) is 2. The summed E-state index contributed by atoms with van der Waals surface area (Å²) in [5, 5.41) is 6.18. The quantitative estimate of drug-likeness (QED) is 0.735. The first-order valence-corrected chi connectivity index (χ1v) is 6.11. The van der Waals surface area contributed by atoms with E-state index in [1.165, 1.54) is 0 Å². The maximum atomic E-state index is 11.9. The van der Waals surface area contributed by atoms with Crippen molar-refractivity contribution in [2.24, 2.45) is 5.92 Å². The molecule has 94 valence electrons. The van der Waals surface area contributed by atoms with Crippen molar-refractivity contribution in [2.75, 3.05) is 19.7 Å². The van der Waals surface area contributed by atoms with Crippen LogP contribution < -0.4 is 10.6 Å². The van der Waals surface area contributed by atoms with E-state index in [0.29, 0.717) is 19.1 Å². The van der Waals surface area contributed by atoms with Gasteiger partial charge in [0.15, 0.2) is 0 Å². The van der Waals surface area contributed by atoms with Crippen LogP contribution in [0.5, 0.6) is 0 Å².